The average molecular weight is 189 g/mol. The summed E-state index contributed by atoms with van der Waals surface area (Å²) in [5.41, 5.74) is -0.221. The molecular weight excluding hydrogens is 183 g/mol. The number of carbonyl (C=O) groups is 1. The Morgan fingerprint density at radius 3 is 2.67 bits per heavy atom. The molecule has 0 radical (unpaired) electrons. The lowest BCUT2D eigenvalue weighted by Gasteiger charge is -2.03. The zero-order valence-corrected chi connectivity index (χ0v) is 7.06. The molecule has 1 aromatic rings. The van der Waals surface area contributed by atoms with Gasteiger partial charge in [0, 0.05) is 0 Å². The van der Waals surface area contributed by atoms with Crippen molar-refractivity contribution in [2.75, 3.05) is 7.11 Å². The smallest absolute Gasteiger partial charge is 0.259 e. The highest BCUT2D eigenvalue weighted by Gasteiger charge is 2.14. The fourth-order valence-corrected chi connectivity index (χ4v) is 1.05. The molecule has 0 heterocycles. The molecule has 0 aliphatic carbocycles. The van der Waals surface area contributed by atoms with Crippen molar-refractivity contribution < 1.29 is 13.9 Å². The molecule has 0 bridgehead atoms. The summed E-state index contributed by atoms with van der Waals surface area (Å²) in [7, 11) is 1.35. The van der Waals surface area contributed by atoms with Crippen LogP contribution < -0.4 is 4.74 Å². The number of ether oxygens (including phenoxy) is 1. The van der Waals surface area contributed by atoms with Gasteiger partial charge < -0.3 is 4.74 Å². The Morgan fingerprint density at radius 2 is 2.25 bits per heavy atom. The quantitative estimate of drug-likeness (QED) is 0.666. The molecule has 0 aromatic heterocycles. The SMILES string of the molecule is COc1cccc(F)c1C(=O)Cl. The van der Waals surface area contributed by atoms with Crippen molar-refractivity contribution in [1.29, 1.82) is 0 Å². The zero-order chi connectivity index (χ0) is 9.14. The Bertz CT molecular complexity index is 312. The lowest BCUT2D eigenvalue weighted by atomic mass is 10.2. The van der Waals surface area contributed by atoms with Crippen LogP contribution in [-0.4, -0.2) is 12.4 Å². The Balaban J connectivity index is 3.29. The van der Waals surface area contributed by atoms with Gasteiger partial charge in [-0.15, -0.1) is 0 Å². The van der Waals surface area contributed by atoms with Crippen molar-refractivity contribution in [2.45, 2.75) is 0 Å². The molecule has 64 valence electrons. The molecule has 0 unspecified atom stereocenters. The summed E-state index contributed by atoms with van der Waals surface area (Å²) >= 11 is 5.13. The highest BCUT2D eigenvalue weighted by atomic mass is 35.5. The monoisotopic (exact) mass is 188 g/mol. The van der Waals surface area contributed by atoms with Gasteiger partial charge in [-0.3, -0.25) is 4.79 Å². The first kappa shape index (κ1) is 9.00. The van der Waals surface area contributed by atoms with Gasteiger partial charge in [-0.25, -0.2) is 4.39 Å². The van der Waals surface area contributed by atoms with Crippen molar-refractivity contribution in [3.05, 3.63) is 29.6 Å². The minimum Gasteiger partial charge on any atom is -0.496 e. The molecule has 0 saturated heterocycles. The first-order valence-corrected chi connectivity index (χ1v) is 3.57. The van der Waals surface area contributed by atoms with Crippen molar-refractivity contribution in [1.82, 2.24) is 0 Å². The second-order valence-corrected chi connectivity index (χ2v) is 2.43. The van der Waals surface area contributed by atoms with Crippen LogP contribution in [0.4, 0.5) is 4.39 Å². The number of hydrogen-bond donors (Lipinski definition) is 0. The lowest BCUT2D eigenvalue weighted by molar-refractivity contribution is 0.107. The third-order valence-electron chi connectivity index (χ3n) is 1.39. The van der Waals surface area contributed by atoms with Crippen molar-refractivity contribution in [3.8, 4) is 5.75 Å². The molecule has 4 heteroatoms. The summed E-state index contributed by atoms with van der Waals surface area (Å²) in [6, 6.07) is 4.06. The van der Waals surface area contributed by atoms with Gasteiger partial charge in [0.05, 0.1) is 7.11 Å². The van der Waals surface area contributed by atoms with E-state index in [1.54, 1.807) is 0 Å². The standard InChI is InChI=1S/C8H6ClFO2/c1-12-6-4-2-3-5(10)7(6)8(9)11/h2-4H,1H3. The normalized spacial score (nSPS) is 9.58. The van der Waals surface area contributed by atoms with Gasteiger partial charge in [0.25, 0.3) is 5.24 Å². The van der Waals surface area contributed by atoms with E-state index < -0.39 is 11.1 Å². The lowest BCUT2D eigenvalue weighted by Crippen LogP contribution is -1.98. The fourth-order valence-electron chi connectivity index (χ4n) is 0.865. The summed E-state index contributed by atoms with van der Waals surface area (Å²) in [6.07, 6.45) is 0. The molecule has 0 amide bonds. The minimum absolute atomic E-state index is 0.148. The fraction of sp³-hybridized carbons (Fsp3) is 0.125. The maximum absolute atomic E-state index is 12.9. The topological polar surface area (TPSA) is 26.3 Å². The van der Waals surface area contributed by atoms with Crippen LogP contribution >= 0.6 is 11.6 Å². The first-order valence-electron chi connectivity index (χ1n) is 3.19. The van der Waals surface area contributed by atoms with Gasteiger partial charge in [0.15, 0.2) is 0 Å². The van der Waals surface area contributed by atoms with E-state index in [0.29, 0.717) is 0 Å². The first-order chi connectivity index (χ1) is 5.66. The van der Waals surface area contributed by atoms with Crippen LogP contribution in [0.25, 0.3) is 0 Å². The van der Waals surface area contributed by atoms with Gasteiger partial charge in [-0.2, -0.15) is 0 Å². The number of carbonyl (C=O) groups excluding carboxylic acids is 1. The number of rotatable bonds is 2. The maximum atomic E-state index is 12.9. The second-order valence-electron chi connectivity index (χ2n) is 2.09. The van der Waals surface area contributed by atoms with Crippen LogP contribution in [-0.2, 0) is 0 Å². The number of methoxy groups -OCH3 is 1. The number of hydrogen-bond acceptors (Lipinski definition) is 2. The summed E-state index contributed by atoms with van der Waals surface area (Å²) in [5, 5.41) is -0.857. The maximum Gasteiger partial charge on any atom is 0.259 e. The Labute approximate surface area is 73.9 Å². The van der Waals surface area contributed by atoms with Crippen LogP contribution in [0, 0.1) is 5.82 Å². The number of benzene rings is 1. The van der Waals surface area contributed by atoms with Gasteiger partial charge in [0.1, 0.15) is 17.1 Å². The van der Waals surface area contributed by atoms with Gasteiger partial charge in [-0.05, 0) is 23.7 Å². The summed E-state index contributed by atoms with van der Waals surface area (Å²) < 4.78 is 17.6. The van der Waals surface area contributed by atoms with E-state index in [0.717, 1.165) is 6.07 Å². The van der Waals surface area contributed by atoms with Gasteiger partial charge >= 0.3 is 0 Å². The molecule has 0 atom stereocenters. The Kier molecular flexibility index (Phi) is 2.65. The summed E-state index contributed by atoms with van der Waals surface area (Å²) in [6.45, 7) is 0. The number of halogens is 2. The van der Waals surface area contributed by atoms with E-state index in [1.165, 1.54) is 19.2 Å². The molecule has 0 N–H and O–H groups in total. The summed E-state index contributed by atoms with van der Waals surface area (Å²) in [4.78, 5) is 10.7. The molecule has 0 aliphatic heterocycles. The second kappa shape index (κ2) is 3.54. The molecule has 0 aliphatic rings. The van der Waals surface area contributed by atoms with E-state index in [1.807, 2.05) is 0 Å². The van der Waals surface area contributed by atoms with Crippen LogP contribution in [0.5, 0.6) is 5.75 Å². The van der Waals surface area contributed by atoms with E-state index in [-0.39, 0.29) is 11.3 Å². The summed E-state index contributed by atoms with van der Waals surface area (Å²) in [5.74, 6) is -0.524. The van der Waals surface area contributed by atoms with Crippen LogP contribution in [0.2, 0.25) is 0 Å². The molecule has 1 aromatic carbocycles. The highest BCUT2D eigenvalue weighted by molar-refractivity contribution is 6.68. The largest absolute Gasteiger partial charge is 0.496 e. The van der Waals surface area contributed by atoms with Crippen LogP contribution in [0.1, 0.15) is 10.4 Å². The molecule has 0 saturated carbocycles. The third-order valence-corrected chi connectivity index (χ3v) is 1.58. The predicted molar refractivity (Wildman–Crippen MR) is 43.1 cm³/mol. The Hall–Kier alpha value is -1.09. The van der Waals surface area contributed by atoms with Crippen molar-refractivity contribution in [3.63, 3.8) is 0 Å². The average Bonchev–Trinajstić information content (AvgIpc) is 2.03. The molecule has 2 nitrogen and oxygen atoms in total. The van der Waals surface area contributed by atoms with Crippen LogP contribution in [0.15, 0.2) is 18.2 Å². The Morgan fingerprint density at radius 1 is 1.58 bits per heavy atom. The molecule has 0 fully saturated rings. The highest BCUT2D eigenvalue weighted by Crippen LogP contribution is 2.22. The zero-order valence-electron chi connectivity index (χ0n) is 6.30. The van der Waals surface area contributed by atoms with E-state index in [2.05, 4.69) is 0 Å². The van der Waals surface area contributed by atoms with Crippen molar-refractivity contribution in [2.24, 2.45) is 0 Å². The third kappa shape index (κ3) is 1.56. The van der Waals surface area contributed by atoms with E-state index >= 15 is 0 Å². The van der Waals surface area contributed by atoms with Gasteiger partial charge in [0.2, 0.25) is 0 Å². The van der Waals surface area contributed by atoms with Crippen molar-refractivity contribution >= 4 is 16.8 Å². The van der Waals surface area contributed by atoms with Gasteiger partial charge in [-0.1, -0.05) is 6.07 Å². The molecule has 0 spiro atoms. The minimum atomic E-state index is -0.857. The van der Waals surface area contributed by atoms with E-state index in [4.69, 9.17) is 16.3 Å². The van der Waals surface area contributed by atoms with Crippen LogP contribution in [0.3, 0.4) is 0 Å². The molecule has 1 rings (SSSR count). The predicted octanol–water partition coefficient (Wildman–Crippen LogP) is 2.21. The molecule has 12 heavy (non-hydrogen) atoms. The van der Waals surface area contributed by atoms with E-state index in [9.17, 15) is 9.18 Å². The molecular formula is C8H6ClFO2.